The zero-order chi connectivity index (χ0) is 20.1. The fraction of sp³-hybridized carbons (Fsp3) is 0.350. The monoisotopic (exact) mass is 430 g/mol. The number of carbonyl (C=O) groups is 1. The lowest BCUT2D eigenvalue weighted by atomic mass is 10.0. The number of amides is 1. The molecule has 29 heavy (non-hydrogen) atoms. The molecule has 0 bridgehead atoms. The number of fused-ring (bicyclic) bond motifs is 1. The molecular weight excluding hydrogens is 412 g/mol. The Balaban J connectivity index is 1.40. The van der Waals surface area contributed by atoms with Crippen LogP contribution in [0, 0.1) is 0 Å². The third kappa shape index (κ3) is 3.47. The number of aromatic amines is 1. The molecule has 0 unspecified atom stereocenters. The van der Waals surface area contributed by atoms with Crippen molar-refractivity contribution in [3.63, 3.8) is 0 Å². The molecule has 0 spiro atoms. The summed E-state index contributed by atoms with van der Waals surface area (Å²) in [6, 6.07) is 5.54. The predicted molar refractivity (Wildman–Crippen MR) is 114 cm³/mol. The Morgan fingerprint density at radius 3 is 2.90 bits per heavy atom. The van der Waals surface area contributed by atoms with Gasteiger partial charge in [-0.3, -0.25) is 9.69 Å². The van der Waals surface area contributed by atoms with Gasteiger partial charge in [-0.15, -0.1) is 0 Å². The number of hydrogen-bond acceptors (Lipinski definition) is 6. The number of aromatic nitrogens is 2. The number of thiazole rings is 1. The molecule has 1 saturated heterocycles. The molecule has 7 nitrogen and oxygen atoms in total. The van der Waals surface area contributed by atoms with E-state index in [9.17, 15) is 9.59 Å². The quantitative estimate of drug-likeness (QED) is 0.615. The third-order valence-electron chi connectivity index (χ3n) is 5.33. The molecule has 1 aromatic carbocycles. The minimum Gasteiger partial charge on any atom is -0.447 e. The lowest BCUT2D eigenvalue weighted by Crippen LogP contribution is -2.22. The minimum absolute atomic E-state index is 0.138. The van der Waals surface area contributed by atoms with Crippen LogP contribution < -0.4 is 15.8 Å². The molecule has 2 fully saturated rings. The van der Waals surface area contributed by atoms with Crippen LogP contribution in [0.5, 0.6) is 0 Å². The van der Waals surface area contributed by atoms with E-state index in [4.69, 9.17) is 16.3 Å². The highest BCUT2D eigenvalue weighted by molar-refractivity contribution is 7.19. The first-order valence-electron chi connectivity index (χ1n) is 9.52. The number of halogens is 1. The highest BCUT2D eigenvalue weighted by Gasteiger charge is 2.27. The Morgan fingerprint density at radius 1 is 1.34 bits per heavy atom. The van der Waals surface area contributed by atoms with Crippen molar-refractivity contribution in [2.75, 3.05) is 23.4 Å². The summed E-state index contributed by atoms with van der Waals surface area (Å²) < 4.78 is 4.96. The van der Waals surface area contributed by atoms with E-state index in [1.54, 1.807) is 11.1 Å². The van der Waals surface area contributed by atoms with Crippen molar-refractivity contribution in [3.8, 4) is 0 Å². The van der Waals surface area contributed by atoms with Crippen LogP contribution in [-0.2, 0) is 4.74 Å². The van der Waals surface area contributed by atoms with E-state index in [1.165, 1.54) is 11.3 Å². The normalized spacial score (nSPS) is 17.6. The number of rotatable bonds is 5. The topological polar surface area (TPSA) is 87.3 Å². The lowest BCUT2D eigenvalue weighted by Gasteiger charge is -2.14. The number of nitrogens with one attached hydrogen (secondary N) is 2. The molecule has 2 aromatic heterocycles. The van der Waals surface area contributed by atoms with E-state index in [1.807, 2.05) is 25.1 Å². The molecule has 2 N–H and O–H groups in total. The largest absolute Gasteiger partial charge is 0.447 e. The Labute approximate surface area is 175 Å². The number of pyridine rings is 1. The summed E-state index contributed by atoms with van der Waals surface area (Å²) in [4.78, 5) is 33.3. The van der Waals surface area contributed by atoms with Gasteiger partial charge in [0.1, 0.15) is 11.6 Å². The lowest BCUT2D eigenvalue weighted by molar-refractivity contribution is 0.181. The zero-order valence-corrected chi connectivity index (χ0v) is 17.3. The van der Waals surface area contributed by atoms with Crippen molar-refractivity contribution in [1.29, 1.82) is 0 Å². The summed E-state index contributed by atoms with van der Waals surface area (Å²) in [6.07, 6.45) is 3.58. The maximum Gasteiger partial charge on any atom is 0.415 e. The molecule has 0 radical (unpaired) electrons. The van der Waals surface area contributed by atoms with Crippen LogP contribution in [0.4, 0.5) is 14.9 Å². The van der Waals surface area contributed by atoms with E-state index in [2.05, 4.69) is 15.3 Å². The molecule has 1 atom stereocenters. The third-order valence-corrected chi connectivity index (χ3v) is 6.61. The molecule has 5 rings (SSSR count). The van der Waals surface area contributed by atoms with E-state index < -0.39 is 0 Å². The van der Waals surface area contributed by atoms with Crippen molar-refractivity contribution < 1.29 is 9.53 Å². The number of carbonyl (C=O) groups excluding carboxylic acids is 1. The number of hydrogen-bond donors (Lipinski definition) is 2. The van der Waals surface area contributed by atoms with Gasteiger partial charge in [-0.05, 0) is 49.4 Å². The van der Waals surface area contributed by atoms with Gasteiger partial charge in [0.15, 0.2) is 5.13 Å². The number of anilines is 2. The number of ether oxygens (including phenoxy) is 1. The Morgan fingerprint density at radius 2 is 2.17 bits per heavy atom. The van der Waals surface area contributed by atoms with Gasteiger partial charge in [0.2, 0.25) is 0 Å². The van der Waals surface area contributed by atoms with Crippen molar-refractivity contribution in [2.24, 2.45) is 0 Å². The second kappa shape index (κ2) is 7.03. The van der Waals surface area contributed by atoms with Crippen molar-refractivity contribution in [1.82, 2.24) is 9.97 Å². The summed E-state index contributed by atoms with van der Waals surface area (Å²) in [5.41, 5.74) is 2.39. The predicted octanol–water partition coefficient (Wildman–Crippen LogP) is 4.65. The van der Waals surface area contributed by atoms with Gasteiger partial charge >= 0.3 is 6.09 Å². The zero-order valence-electron chi connectivity index (χ0n) is 15.7. The van der Waals surface area contributed by atoms with E-state index in [-0.39, 0.29) is 17.7 Å². The first-order valence-corrected chi connectivity index (χ1v) is 10.7. The van der Waals surface area contributed by atoms with Gasteiger partial charge in [0, 0.05) is 21.5 Å². The molecule has 3 aromatic rings. The minimum atomic E-state index is -0.360. The maximum atomic E-state index is 12.7. The van der Waals surface area contributed by atoms with Crippen LogP contribution in [0.15, 0.2) is 29.2 Å². The molecule has 150 valence electrons. The van der Waals surface area contributed by atoms with Gasteiger partial charge in [0.05, 0.1) is 18.8 Å². The maximum absolute atomic E-state index is 12.7. The Bertz CT molecular complexity index is 1170. The summed E-state index contributed by atoms with van der Waals surface area (Å²) in [5, 5.41) is 6.26. The van der Waals surface area contributed by atoms with Crippen LogP contribution in [0.2, 0.25) is 5.02 Å². The smallest absolute Gasteiger partial charge is 0.415 e. The summed E-state index contributed by atoms with van der Waals surface area (Å²) >= 11 is 7.81. The molecule has 3 heterocycles. The molecule has 1 saturated carbocycles. The summed E-state index contributed by atoms with van der Waals surface area (Å²) in [7, 11) is 0. The first-order chi connectivity index (χ1) is 14.0. The van der Waals surface area contributed by atoms with E-state index in [0.29, 0.717) is 34.8 Å². The fourth-order valence-corrected chi connectivity index (χ4v) is 4.85. The van der Waals surface area contributed by atoms with Crippen molar-refractivity contribution in [3.05, 3.63) is 50.9 Å². The SMILES string of the molecule is C[C@H](Nc1ncc(N2CCOC2=O)s1)c1cc2cc(Cl)c(C3CC3)cc2[nH]c1=O. The van der Waals surface area contributed by atoms with E-state index in [0.717, 1.165) is 34.3 Å². The van der Waals surface area contributed by atoms with Gasteiger partial charge in [-0.2, -0.15) is 0 Å². The Kier molecular flexibility index (Phi) is 4.48. The average Bonchev–Trinajstić information content (AvgIpc) is 3.28. The van der Waals surface area contributed by atoms with Gasteiger partial charge in [-0.1, -0.05) is 22.9 Å². The fourth-order valence-electron chi connectivity index (χ4n) is 3.60. The second-order valence-corrected chi connectivity index (χ2v) is 8.84. The number of nitrogens with zero attached hydrogens (tertiary/aromatic N) is 2. The van der Waals surface area contributed by atoms with Crippen LogP contribution >= 0.6 is 22.9 Å². The van der Waals surface area contributed by atoms with Crippen LogP contribution in [0.3, 0.4) is 0 Å². The van der Waals surface area contributed by atoms with Gasteiger partial charge in [-0.25, -0.2) is 9.78 Å². The standard InChI is InChI=1S/C20H19ClN4O3S/c1-10(23-19-22-9-17(29-19)25-4-5-28-20(25)27)13-6-12-7-15(21)14(11-2-3-11)8-16(12)24-18(13)26/h6-11H,2-5H2,1H3,(H,22,23)(H,24,26)/t10-/m0/s1. The molecule has 1 amide bonds. The molecule has 1 aliphatic heterocycles. The average molecular weight is 431 g/mol. The highest BCUT2D eigenvalue weighted by Crippen LogP contribution is 2.44. The van der Waals surface area contributed by atoms with Crippen LogP contribution in [0.25, 0.3) is 10.9 Å². The summed E-state index contributed by atoms with van der Waals surface area (Å²) in [5.74, 6) is 0.516. The number of benzene rings is 1. The van der Waals surface area contributed by atoms with Crippen LogP contribution in [-0.4, -0.2) is 29.2 Å². The highest BCUT2D eigenvalue weighted by atomic mass is 35.5. The van der Waals surface area contributed by atoms with Crippen molar-refractivity contribution >= 4 is 50.1 Å². The second-order valence-electron chi connectivity index (χ2n) is 7.42. The number of cyclic esters (lactones) is 1. The number of H-pyrrole nitrogens is 1. The summed E-state index contributed by atoms with van der Waals surface area (Å²) in [6.45, 7) is 2.80. The molecule has 2 aliphatic rings. The van der Waals surface area contributed by atoms with Gasteiger partial charge < -0.3 is 15.0 Å². The Hall–Kier alpha value is -2.58. The van der Waals surface area contributed by atoms with Crippen molar-refractivity contribution in [2.45, 2.75) is 31.7 Å². The van der Waals surface area contributed by atoms with Gasteiger partial charge in [0.25, 0.3) is 5.56 Å². The molecule has 1 aliphatic carbocycles. The first kappa shape index (κ1) is 18.4. The molecular formula is C20H19ClN4O3S. The van der Waals surface area contributed by atoms with Crippen LogP contribution in [0.1, 0.15) is 42.9 Å². The van der Waals surface area contributed by atoms with E-state index >= 15 is 0 Å². The molecule has 9 heteroatoms.